The third-order valence-corrected chi connectivity index (χ3v) is 3.03. The van der Waals surface area contributed by atoms with Crippen LogP contribution in [0.1, 0.15) is 27.2 Å². The lowest BCUT2D eigenvalue weighted by atomic mass is 10.0. The van der Waals surface area contributed by atoms with Crippen molar-refractivity contribution in [1.82, 2.24) is 9.97 Å². The summed E-state index contributed by atoms with van der Waals surface area (Å²) in [5.41, 5.74) is 4.20. The van der Waals surface area contributed by atoms with Crippen LogP contribution in [0, 0.1) is 20.8 Å². The molecule has 0 aliphatic carbocycles. The second-order valence-corrected chi connectivity index (χ2v) is 4.29. The van der Waals surface area contributed by atoms with Crippen LogP contribution in [0.4, 0.5) is 0 Å². The lowest BCUT2D eigenvalue weighted by Gasteiger charge is -2.09. The van der Waals surface area contributed by atoms with Crippen molar-refractivity contribution in [3.8, 4) is 11.3 Å². The number of hydrogen-bond acceptors (Lipinski definition) is 3. The molecule has 92 valence electrons. The van der Waals surface area contributed by atoms with Crippen molar-refractivity contribution in [3.05, 3.63) is 46.9 Å². The first-order chi connectivity index (χ1) is 8.50. The molecule has 1 aromatic carbocycles. The average Bonchev–Trinajstić information content (AvgIpc) is 2.32. The monoisotopic (exact) mass is 242 g/mol. The summed E-state index contributed by atoms with van der Waals surface area (Å²) >= 11 is 0. The summed E-state index contributed by atoms with van der Waals surface area (Å²) in [6.07, 6.45) is 1.40. The lowest BCUT2D eigenvalue weighted by molar-refractivity contribution is 0.0696. The number of carboxylic acids is 1. The lowest BCUT2D eigenvalue weighted by Crippen LogP contribution is -2.06. The van der Waals surface area contributed by atoms with Gasteiger partial charge >= 0.3 is 5.97 Å². The van der Waals surface area contributed by atoms with E-state index in [1.807, 2.05) is 32.0 Å². The van der Waals surface area contributed by atoms with Crippen molar-refractivity contribution in [3.63, 3.8) is 0 Å². The minimum Gasteiger partial charge on any atom is -0.478 e. The molecule has 0 atom stereocenters. The molecule has 1 aromatic heterocycles. The van der Waals surface area contributed by atoms with Gasteiger partial charge in [0.1, 0.15) is 11.9 Å². The zero-order valence-electron chi connectivity index (χ0n) is 10.6. The van der Waals surface area contributed by atoms with Gasteiger partial charge in [-0.1, -0.05) is 12.1 Å². The van der Waals surface area contributed by atoms with Gasteiger partial charge in [-0.15, -0.1) is 0 Å². The fourth-order valence-corrected chi connectivity index (χ4v) is 1.84. The first kappa shape index (κ1) is 12.2. The second-order valence-electron chi connectivity index (χ2n) is 4.29. The maximum absolute atomic E-state index is 11.3. The van der Waals surface area contributed by atoms with Crippen molar-refractivity contribution in [2.45, 2.75) is 20.8 Å². The van der Waals surface area contributed by atoms with E-state index in [9.17, 15) is 9.90 Å². The van der Waals surface area contributed by atoms with Crippen LogP contribution in [-0.2, 0) is 0 Å². The maximum atomic E-state index is 11.3. The van der Waals surface area contributed by atoms with Gasteiger partial charge < -0.3 is 5.11 Å². The molecule has 18 heavy (non-hydrogen) atoms. The van der Waals surface area contributed by atoms with E-state index in [0.717, 1.165) is 11.1 Å². The molecule has 1 heterocycles. The summed E-state index contributed by atoms with van der Waals surface area (Å²) < 4.78 is 0. The molecule has 0 saturated carbocycles. The smallest absolute Gasteiger partial charge is 0.339 e. The molecular weight excluding hydrogens is 228 g/mol. The zero-order chi connectivity index (χ0) is 13.3. The Balaban J connectivity index is 2.67. The van der Waals surface area contributed by atoms with Gasteiger partial charge in [0, 0.05) is 5.56 Å². The molecule has 0 radical (unpaired) electrons. The fourth-order valence-electron chi connectivity index (χ4n) is 1.84. The Labute approximate surface area is 105 Å². The van der Waals surface area contributed by atoms with Crippen molar-refractivity contribution in [2.24, 2.45) is 0 Å². The number of aromatic carboxylic acids is 1. The average molecular weight is 242 g/mol. The fraction of sp³-hybridized carbons (Fsp3) is 0.214. The van der Waals surface area contributed by atoms with E-state index >= 15 is 0 Å². The molecule has 0 aliphatic rings. The molecule has 1 N–H and O–H groups in total. The van der Waals surface area contributed by atoms with Gasteiger partial charge in [0.25, 0.3) is 0 Å². The van der Waals surface area contributed by atoms with Crippen LogP contribution in [-0.4, -0.2) is 21.0 Å². The van der Waals surface area contributed by atoms with Gasteiger partial charge in [0.2, 0.25) is 0 Å². The van der Waals surface area contributed by atoms with Crippen LogP contribution >= 0.6 is 0 Å². The van der Waals surface area contributed by atoms with Gasteiger partial charge in [-0.2, -0.15) is 0 Å². The number of carbonyl (C=O) groups is 1. The minimum atomic E-state index is -0.999. The van der Waals surface area contributed by atoms with Crippen LogP contribution in [0.2, 0.25) is 0 Å². The van der Waals surface area contributed by atoms with E-state index in [2.05, 4.69) is 9.97 Å². The largest absolute Gasteiger partial charge is 0.478 e. The summed E-state index contributed by atoms with van der Waals surface area (Å²) in [5.74, 6) is -0.999. The number of nitrogens with zero attached hydrogens (tertiary/aromatic N) is 2. The molecule has 0 aliphatic heterocycles. The molecular formula is C14H14N2O2. The van der Waals surface area contributed by atoms with Gasteiger partial charge in [-0.05, 0) is 38.0 Å². The van der Waals surface area contributed by atoms with Crippen LogP contribution in [0.15, 0.2) is 24.5 Å². The highest BCUT2D eigenvalue weighted by molar-refractivity contribution is 5.95. The van der Waals surface area contributed by atoms with Crippen molar-refractivity contribution >= 4 is 5.97 Å². The second kappa shape index (κ2) is 4.56. The van der Waals surface area contributed by atoms with Crippen LogP contribution in [0.3, 0.4) is 0 Å². The summed E-state index contributed by atoms with van der Waals surface area (Å²) in [5, 5.41) is 9.25. The Bertz CT molecular complexity index is 621. The Kier molecular flexibility index (Phi) is 3.10. The standard InChI is InChI=1S/C14H14N2O2/c1-8-4-5-11(6-9(8)2)13-12(14(17)18)10(3)15-7-16-13/h4-7H,1-3H3,(H,17,18). The van der Waals surface area contributed by atoms with Crippen molar-refractivity contribution < 1.29 is 9.90 Å². The molecule has 0 unspecified atom stereocenters. The Morgan fingerprint density at radius 2 is 1.83 bits per heavy atom. The van der Waals surface area contributed by atoms with Gasteiger partial charge in [0.05, 0.1) is 11.4 Å². The van der Waals surface area contributed by atoms with Crippen molar-refractivity contribution in [2.75, 3.05) is 0 Å². The van der Waals surface area contributed by atoms with E-state index in [-0.39, 0.29) is 5.56 Å². The topological polar surface area (TPSA) is 63.1 Å². The van der Waals surface area contributed by atoms with E-state index < -0.39 is 5.97 Å². The number of rotatable bonds is 2. The predicted octanol–water partition coefficient (Wildman–Crippen LogP) is 2.77. The van der Waals surface area contributed by atoms with E-state index in [1.54, 1.807) is 6.92 Å². The molecule has 0 bridgehead atoms. The molecule has 0 saturated heterocycles. The number of carboxylic acid groups (broad SMARTS) is 1. The Morgan fingerprint density at radius 1 is 1.11 bits per heavy atom. The number of aryl methyl sites for hydroxylation is 3. The molecule has 0 fully saturated rings. The first-order valence-corrected chi connectivity index (χ1v) is 5.63. The summed E-state index contributed by atoms with van der Waals surface area (Å²) in [6, 6.07) is 5.80. The highest BCUT2D eigenvalue weighted by atomic mass is 16.4. The van der Waals surface area contributed by atoms with Gasteiger partial charge in [-0.25, -0.2) is 14.8 Å². The van der Waals surface area contributed by atoms with E-state index in [4.69, 9.17) is 0 Å². The third kappa shape index (κ3) is 2.09. The normalized spacial score (nSPS) is 10.4. The minimum absolute atomic E-state index is 0.167. The number of benzene rings is 1. The quantitative estimate of drug-likeness (QED) is 0.879. The summed E-state index contributed by atoms with van der Waals surface area (Å²) in [6.45, 7) is 5.69. The molecule has 0 amide bonds. The SMILES string of the molecule is Cc1ccc(-c2ncnc(C)c2C(=O)O)cc1C. The Morgan fingerprint density at radius 3 is 2.44 bits per heavy atom. The highest BCUT2D eigenvalue weighted by Crippen LogP contribution is 2.24. The predicted molar refractivity (Wildman–Crippen MR) is 68.6 cm³/mol. The maximum Gasteiger partial charge on any atom is 0.339 e. The first-order valence-electron chi connectivity index (χ1n) is 5.63. The number of hydrogen-bond donors (Lipinski definition) is 1. The van der Waals surface area contributed by atoms with Crippen molar-refractivity contribution in [1.29, 1.82) is 0 Å². The van der Waals surface area contributed by atoms with Gasteiger partial charge in [-0.3, -0.25) is 0 Å². The molecule has 2 aromatic rings. The van der Waals surface area contributed by atoms with Crippen LogP contribution in [0.25, 0.3) is 11.3 Å². The summed E-state index contributed by atoms with van der Waals surface area (Å²) in [7, 11) is 0. The van der Waals surface area contributed by atoms with Crippen LogP contribution < -0.4 is 0 Å². The molecule has 0 spiro atoms. The van der Waals surface area contributed by atoms with Crippen LogP contribution in [0.5, 0.6) is 0 Å². The molecule has 4 heteroatoms. The number of aromatic nitrogens is 2. The highest BCUT2D eigenvalue weighted by Gasteiger charge is 2.17. The summed E-state index contributed by atoms with van der Waals surface area (Å²) in [4.78, 5) is 19.3. The Hall–Kier alpha value is -2.23. The molecule has 2 rings (SSSR count). The van der Waals surface area contributed by atoms with E-state index in [1.165, 1.54) is 11.9 Å². The van der Waals surface area contributed by atoms with Gasteiger partial charge in [0.15, 0.2) is 0 Å². The zero-order valence-corrected chi connectivity index (χ0v) is 10.6. The third-order valence-electron chi connectivity index (χ3n) is 3.03. The van der Waals surface area contributed by atoms with E-state index in [0.29, 0.717) is 11.4 Å². The molecule has 4 nitrogen and oxygen atoms in total.